The summed E-state index contributed by atoms with van der Waals surface area (Å²) < 4.78 is 7.70. The number of aromatic nitrogens is 2. The van der Waals surface area contributed by atoms with E-state index in [1.54, 1.807) is 0 Å². The first kappa shape index (κ1) is 14.8. The lowest BCUT2D eigenvalue weighted by molar-refractivity contribution is 0.0438. The van der Waals surface area contributed by atoms with Crippen LogP contribution in [0.5, 0.6) is 0 Å². The summed E-state index contributed by atoms with van der Waals surface area (Å²) in [6.07, 6.45) is 3.50. The van der Waals surface area contributed by atoms with Crippen LogP contribution in [0.4, 0.5) is 5.82 Å². The van der Waals surface area contributed by atoms with Crippen molar-refractivity contribution in [1.29, 1.82) is 5.41 Å². The van der Waals surface area contributed by atoms with E-state index in [1.165, 1.54) is 0 Å². The molecule has 1 aromatic heterocycles. The van der Waals surface area contributed by atoms with Crippen molar-refractivity contribution in [1.82, 2.24) is 9.78 Å². The van der Waals surface area contributed by atoms with Gasteiger partial charge in [-0.15, -0.1) is 0 Å². The molecule has 1 aliphatic rings. The molecule has 0 radical (unpaired) electrons. The zero-order valence-electron chi connectivity index (χ0n) is 12.6. The molecule has 0 aromatic carbocycles. The van der Waals surface area contributed by atoms with E-state index in [4.69, 9.17) is 15.9 Å². The Morgan fingerprint density at radius 2 is 2.30 bits per heavy atom. The summed E-state index contributed by atoms with van der Waals surface area (Å²) >= 11 is 0. The predicted octanol–water partition coefficient (Wildman–Crippen LogP) is 1.41. The van der Waals surface area contributed by atoms with E-state index in [2.05, 4.69) is 16.9 Å². The van der Waals surface area contributed by atoms with Gasteiger partial charge in [0.2, 0.25) is 0 Å². The quantitative estimate of drug-likeness (QED) is 0.631. The molecular weight excluding hydrogens is 254 g/mol. The minimum Gasteiger partial charge on any atom is -0.384 e. The van der Waals surface area contributed by atoms with Gasteiger partial charge in [0.05, 0.1) is 17.4 Å². The van der Waals surface area contributed by atoms with Crippen molar-refractivity contribution in [2.45, 2.75) is 39.2 Å². The molecule has 1 fully saturated rings. The molecule has 3 N–H and O–H groups in total. The number of hydrogen-bond donors (Lipinski definition) is 2. The zero-order chi connectivity index (χ0) is 14.7. The lowest BCUT2D eigenvalue weighted by Crippen LogP contribution is -2.41. The number of piperidine rings is 1. The van der Waals surface area contributed by atoms with Crippen molar-refractivity contribution in [3.05, 3.63) is 11.3 Å². The van der Waals surface area contributed by atoms with Crippen LogP contribution in [0.1, 0.15) is 37.4 Å². The molecule has 0 saturated carbocycles. The number of rotatable bonds is 5. The molecule has 6 heteroatoms. The maximum atomic E-state index is 7.78. The van der Waals surface area contributed by atoms with Crippen LogP contribution in [-0.2, 0) is 11.8 Å². The molecule has 0 spiro atoms. The third-order valence-corrected chi connectivity index (χ3v) is 3.70. The average Bonchev–Trinajstić information content (AvgIpc) is 2.71. The van der Waals surface area contributed by atoms with Crippen LogP contribution in [0.15, 0.2) is 0 Å². The van der Waals surface area contributed by atoms with Crippen LogP contribution < -0.4 is 10.6 Å². The number of nitrogen functional groups attached to an aromatic ring is 1. The first-order valence-electron chi connectivity index (χ1n) is 7.29. The second kappa shape index (κ2) is 6.26. The van der Waals surface area contributed by atoms with E-state index >= 15 is 0 Å². The maximum absolute atomic E-state index is 7.78. The smallest absolute Gasteiger partial charge is 0.137 e. The van der Waals surface area contributed by atoms with Gasteiger partial charge < -0.3 is 15.4 Å². The topological polar surface area (TPSA) is 80.2 Å². The number of ether oxygens (including phenoxy) is 1. The van der Waals surface area contributed by atoms with E-state index in [0.29, 0.717) is 0 Å². The van der Waals surface area contributed by atoms with Gasteiger partial charge >= 0.3 is 0 Å². The van der Waals surface area contributed by atoms with Crippen molar-refractivity contribution in [2.24, 2.45) is 12.8 Å². The fourth-order valence-corrected chi connectivity index (χ4v) is 2.88. The summed E-state index contributed by atoms with van der Waals surface area (Å²) in [7, 11) is 1.91. The average molecular weight is 279 g/mol. The van der Waals surface area contributed by atoms with Crippen molar-refractivity contribution in [2.75, 3.05) is 24.6 Å². The SMILES string of the molecule is CCCOC1CCCN(c2c(C(=N)N)c(C)nn2C)C1. The molecule has 0 amide bonds. The molecule has 1 unspecified atom stereocenters. The number of hydrogen-bond acceptors (Lipinski definition) is 4. The van der Waals surface area contributed by atoms with Crippen LogP contribution in [0.25, 0.3) is 0 Å². The first-order chi connectivity index (χ1) is 9.54. The fourth-order valence-electron chi connectivity index (χ4n) is 2.88. The minimum atomic E-state index is 0.0854. The van der Waals surface area contributed by atoms with Crippen molar-refractivity contribution >= 4 is 11.7 Å². The molecule has 112 valence electrons. The van der Waals surface area contributed by atoms with Gasteiger partial charge in [-0.3, -0.25) is 10.1 Å². The van der Waals surface area contributed by atoms with Gasteiger partial charge in [0, 0.05) is 26.7 Å². The molecule has 1 aliphatic heterocycles. The van der Waals surface area contributed by atoms with Gasteiger partial charge in [0.1, 0.15) is 11.7 Å². The molecule has 6 nitrogen and oxygen atoms in total. The van der Waals surface area contributed by atoms with E-state index in [1.807, 2.05) is 18.7 Å². The van der Waals surface area contributed by atoms with Crippen molar-refractivity contribution < 1.29 is 4.74 Å². The van der Waals surface area contributed by atoms with Crippen LogP contribution in [0, 0.1) is 12.3 Å². The second-order valence-electron chi connectivity index (χ2n) is 5.40. The van der Waals surface area contributed by atoms with Gasteiger partial charge in [-0.1, -0.05) is 6.92 Å². The summed E-state index contributed by atoms with van der Waals surface area (Å²) in [6, 6.07) is 0. The van der Waals surface area contributed by atoms with E-state index in [0.717, 1.165) is 56.0 Å². The molecule has 2 rings (SSSR count). The summed E-state index contributed by atoms with van der Waals surface area (Å²) in [6.45, 7) is 6.64. The summed E-state index contributed by atoms with van der Waals surface area (Å²) in [5, 5.41) is 12.2. The van der Waals surface area contributed by atoms with Gasteiger partial charge in [0.25, 0.3) is 0 Å². The molecule has 1 saturated heterocycles. The number of nitrogens with two attached hydrogens (primary N) is 1. The highest BCUT2D eigenvalue weighted by atomic mass is 16.5. The third kappa shape index (κ3) is 2.95. The van der Waals surface area contributed by atoms with Crippen LogP contribution in [0.3, 0.4) is 0 Å². The van der Waals surface area contributed by atoms with Crippen LogP contribution in [0.2, 0.25) is 0 Å². The zero-order valence-corrected chi connectivity index (χ0v) is 12.6. The van der Waals surface area contributed by atoms with Gasteiger partial charge in [-0.2, -0.15) is 5.10 Å². The number of aryl methyl sites for hydroxylation is 2. The number of anilines is 1. The van der Waals surface area contributed by atoms with Crippen LogP contribution >= 0.6 is 0 Å². The van der Waals surface area contributed by atoms with Gasteiger partial charge in [0.15, 0.2) is 0 Å². The first-order valence-corrected chi connectivity index (χ1v) is 7.29. The molecule has 1 aromatic rings. The van der Waals surface area contributed by atoms with E-state index in [9.17, 15) is 0 Å². The highest BCUT2D eigenvalue weighted by Crippen LogP contribution is 2.26. The Labute approximate surface area is 120 Å². The monoisotopic (exact) mass is 279 g/mol. The van der Waals surface area contributed by atoms with Gasteiger partial charge in [-0.25, -0.2) is 0 Å². The summed E-state index contributed by atoms with van der Waals surface area (Å²) in [5.41, 5.74) is 7.29. The molecule has 1 atom stereocenters. The second-order valence-corrected chi connectivity index (χ2v) is 5.40. The third-order valence-electron chi connectivity index (χ3n) is 3.70. The van der Waals surface area contributed by atoms with Crippen LogP contribution in [-0.4, -0.2) is 41.4 Å². The Kier molecular flexibility index (Phi) is 4.65. The Morgan fingerprint density at radius 1 is 1.55 bits per heavy atom. The predicted molar refractivity (Wildman–Crippen MR) is 80.4 cm³/mol. The number of nitrogens with one attached hydrogen (secondary N) is 1. The Bertz CT molecular complexity index is 482. The normalized spacial score (nSPS) is 19.4. The summed E-state index contributed by atoms with van der Waals surface area (Å²) in [4.78, 5) is 2.25. The largest absolute Gasteiger partial charge is 0.384 e. The van der Waals surface area contributed by atoms with Gasteiger partial charge in [-0.05, 0) is 26.2 Å². The fraction of sp³-hybridized carbons (Fsp3) is 0.714. The van der Waals surface area contributed by atoms with E-state index in [-0.39, 0.29) is 11.9 Å². The maximum Gasteiger partial charge on any atom is 0.137 e. The van der Waals surface area contributed by atoms with E-state index < -0.39 is 0 Å². The minimum absolute atomic E-state index is 0.0854. The Morgan fingerprint density at radius 3 is 2.95 bits per heavy atom. The highest BCUT2D eigenvalue weighted by molar-refractivity contribution is 6.00. The number of nitrogens with zero attached hydrogens (tertiary/aromatic N) is 3. The van der Waals surface area contributed by atoms with Crippen molar-refractivity contribution in [3.8, 4) is 0 Å². The Hall–Kier alpha value is -1.56. The molecule has 0 bridgehead atoms. The lowest BCUT2D eigenvalue weighted by atomic mass is 10.1. The highest BCUT2D eigenvalue weighted by Gasteiger charge is 2.26. The summed E-state index contributed by atoms with van der Waals surface area (Å²) in [5.74, 6) is 1.03. The molecule has 0 aliphatic carbocycles. The Balaban J connectivity index is 2.20. The lowest BCUT2D eigenvalue weighted by Gasteiger charge is -2.34. The molecule has 20 heavy (non-hydrogen) atoms. The van der Waals surface area contributed by atoms with Crippen molar-refractivity contribution in [3.63, 3.8) is 0 Å². The molecule has 2 heterocycles. The molecular formula is C14H25N5O. The standard InChI is InChI=1S/C14H25N5O/c1-4-8-20-11-6-5-7-19(9-11)14-12(13(15)16)10(2)17-18(14)3/h11H,4-9H2,1-3H3,(H3,15,16). The number of amidine groups is 1.